The summed E-state index contributed by atoms with van der Waals surface area (Å²) in [5.41, 5.74) is 0. The summed E-state index contributed by atoms with van der Waals surface area (Å²) in [6.45, 7) is 1.04. The highest BCUT2D eigenvalue weighted by Gasteiger charge is 2.28. The highest BCUT2D eigenvalue weighted by atomic mass is 32.1. The Morgan fingerprint density at radius 3 is 2.92 bits per heavy atom. The largest absolute Gasteiger partial charge is 0.389 e. The Balaban J connectivity index is 2.10. The minimum Gasteiger partial charge on any atom is -0.389 e. The maximum atomic E-state index is 10.3. The van der Waals surface area contributed by atoms with Crippen LogP contribution in [0, 0.1) is 10.1 Å². The normalized spacial score (nSPS) is 17.2. The Bertz CT molecular complexity index is 334. The molecule has 0 unspecified atom stereocenters. The van der Waals surface area contributed by atoms with Gasteiger partial charge in [-0.15, -0.1) is 0 Å². The summed E-state index contributed by atoms with van der Waals surface area (Å²) in [6, 6.07) is 0. The van der Waals surface area contributed by atoms with Crippen molar-refractivity contribution in [1.29, 1.82) is 0 Å². The Kier molecular flexibility index (Phi) is 1.89. The molecule has 0 spiro atoms. The van der Waals surface area contributed by atoms with Gasteiger partial charge < -0.3 is 10.0 Å². The van der Waals surface area contributed by atoms with Crippen molar-refractivity contribution >= 4 is 21.5 Å². The highest BCUT2D eigenvalue weighted by Crippen LogP contribution is 2.30. The molecule has 1 aromatic heterocycles. The summed E-state index contributed by atoms with van der Waals surface area (Å²) in [5, 5.41) is 20.0. The number of nitro groups is 1. The molecule has 2 rings (SSSR count). The average molecular weight is 201 g/mol. The molecule has 70 valence electrons. The van der Waals surface area contributed by atoms with Crippen LogP contribution in [-0.4, -0.2) is 34.2 Å². The molecule has 7 heteroatoms. The number of aromatic nitrogens is 1. The van der Waals surface area contributed by atoms with Gasteiger partial charge in [0.1, 0.15) is 6.20 Å². The SMILES string of the molecule is O=[N+]([O-])c1cnc(N2CC(O)C2)s1. The molecule has 13 heavy (non-hydrogen) atoms. The minimum atomic E-state index is -0.461. The topological polar surface area (TPSA) is 79.5 Å². The molecule has 1 aliphatic heterocycles. The van der Waals surface area contributed by atoms with Crippen LogP contribution < -0.4 is 4.90 Å². The van der Waals surface area contributed by atoms with E-state index in [0.717, 1.165) is 11.3 Å². The van der Waals surface area contributed by atoms with Gasteiger partial charge in [-0.3, -0.25) is 10.1 Å². The maximum absolute atomic E-state index is 10.3. The number of aliphatic hydroxyl groups excluding tert-OH is 1. The second-order valence-electron chi connectivity index (χ2n) is 2.80. The quantitative estimate of drug-likeness (QED) is 0.547. The van der Waals surface area contributed by atoms with Crippen molar-refractivity contribution in [2.24, 2.45) is 0 Å². The lowest BCUT2D eigenvalue weighted by atomic mass is 10.2. The molecule has 1 saturated heterocycles. The second-order valence-corrected chi connectivity index (χ2v) is 3.78. The van der Waals surface area contributed by atoms with Gasteiger partial charge in [0.2, 0.25) is 0 Å². The molecule has 0 aliphatic carbocycles. The van der Waals surface area contributed by atoms with Crippen molar-refractivity contribution in [2.45, 2.75) is 6.10 Å². The van der Waals surface area contributed by atoms with Gasteiger partial charge in [0.15, 0.2) is 5.13 Å². The lowest BCUT2D eigenvalue weighted by Gasteiger charge is -2.35. The van der Waals surface area contributed by atoms with Gasteiger partial charge in [0, 0.05) is 13.1 Å². The summed E-state index contributed by atoms with van der Waals surface area (Å²) in [7, 11) is 0. The van der Waals surface area contributed by atoms with Crippen LogP contribution in [-0.2, 0) is 0 Å². The highest BCUT2D eigenvalue weighted by molar-refractivity contribution is 7.18. The predicted octanol–water partition coefficient (Wildman–Crippen LogP) is 0.232. The predicted molar refractivity (Wildman–Crippen MR) is 47.0 cm³/mol. The van der Waals surface area contributed by atoms with Crippen LogP contribution in [0.5, 0.6) is 0 Å². The first-order valence-corrected chi connectivity index (χ1v) is 4.51. The third-order valence-electron chi connectivity index (χ3n) is 1.79. The molecule has 0 bridgehead atoms. The van der Waals surface area contributed by atoms with Crippen LogP contribution in [0.1, 0.15) is 0 Å². The fourth-order valence-corrected chi connectivity index (χ4v) is 1.85. The van der Waals surface area contributed by atoms with Crippen molar-refractivity contribution in [3.05, 3.63) is 16.3 Å². The van der Waals surface area contributed by atoms with Crippen molar-refractivity contribution in [3.8, 4) is 0 Å². The molecule has 0 aromatic carbocycles. The van der Waals surface area contributed by atoms with Gasteiger partial charge in [-0.05, 0) is 11.3 Å². The Hall–Kier alpha value is -1.21. The zero-order valence-electron chi connectivity index (χ0n) is 6.58. The van der Waals surface area contributed by atoms with Gasteiger partial charge in [0.05, 0.1) is 11.0 Å². The van der Waals surface area contributed by atoms with E-state index in [-0.39, 0.29) is 11.1 Å². The van der Waals surface area contributed by atoms with Crippen LogP contribution in [0.4, 0.5) is 10.1 Å². The fraction of sp³-hybridized carbons (Fsp3) is 0.500. The number of nitrogens with zero attached hydrogens (tertiary/aromatic N) is 3. The van der Waals surface area contributed by atoms with Gasteiger partial charge in [-0.2, -0.15) is 0 Å². The average Bonchev–Trinajstić information content (AvgIpc) is 2.46. The molecule has 1 N–H and O–H groups in total. The summed E-state index contributed by atoms with van der Waals surface area (Å²) < 4.78 is 0. The molecule has 0 amide bonds. The molecular weight excluding hydrogens is 194 g/mol. The van der Waals surface area contributed by atoms with E-state index in [1.807, 2.05) is 4.90 Å². The number of anilines is 1. The van der Waals surface area contributed by atoms with E-state index in [1.165, 1.54) is 6.20 Å². The van der Waals surface area contributed by atoms with Gasteiger partial charge in [0.25, 0.3) is 0 Å². The number of thiazole rings is 1. The monoisotopic (exact) mass is 201 g/mol. The standard InChI is InChI=1S/C6H7N3O3S/c10-4-2-8(3-4)6-7-1-5(13-6)9(11)12/h1,4,10H,2-3H2. The van der Waals surface area contributed by atoms with E-state index in [4.69, 9.17) is 5.11 Å². The van der Waals surface area contributed by atoms with E-state index in [2.05, 4.69) is 4.98 Å². The molecule has 1 aromatic rings. The minimum absolute atomic E-state index is 0.0383. The zero-order chi connectivity index (χ0) is 9.42. The molecule has 0 saturated carbocycles. The number of hydrogen-bond donors (Lipinski definition) is 1. The first-order chi connectivity index (χ1) is 6.16. The van der Waals surface area contributed by atoms with E-state index in [0.29, 0.717) is 18.2 Å². The Labute approximate surface area is 77.6 Å². The first-order valence-electron chi connectivity index (χ1n) is 3.70. The number of rotatable bonds is 2. The van der Waals surface area contributed by atoms with Gasteiger partial charge in [-0.25, -0.2) is 4.98 Å². The molecule has 1 fully saturated rings. The third-order valence-corrected chi connectivity index (χ3v) is 2.80. The van der Waals surface area contributed by atoms with Crippen LogP contribution in [0.15, 0.2) is 6.20 Å². The second kappa shape index (κ2) is 2.93. The van der Waals surface area contributed by atoms with Crippen LogP contribution in [0.3, 0.4) is 0 Å². The zero-order valence-corrected chi connectivity index (χ0v) is 7.40. The summed E-state index contributed by atoms with van der Waals surface area (Å²) in [6.07, 6.45) is 0.924. The number of β-amino-alcohol motifs (C(OH)–C–C–N with tert-alkyl or cyclic N) is 1. The van der Waals surface area contributed by atoms with Crippen molar-refractivity contribution in [3.63, 3.8) is 0 Å². The molecule has 0 radical (unpaired) electrons. The van der Waals surface area contributed by atoms with Gasteiger partial charge in [-0.1, -0.05) is 0 Å². The molecule has 0 atom stereocenters. The van der Waals surface area contributed by atoms with Crippen molar-refractivity contribution < 1.29 is 10.0 Å². The van der Waals surface area contributed by atoms with Crippen LogP contribution >= 0.6 is 11.3 Å². The molecule has 6 nitrogen and oxygen atoms in total. The summed E-state index contributed by atoms with van der Waals surface area (Å²) >= 11 is 1.03. The van der Waals surface area contributed by atoms with E-state index in [9.17, 15) is 10.1 Å². The Morgan fingerprint density at radius 2 is 2.46 bits per heavy atom. The number of aliphatic hydroxyl groups is 1. The maximum Gasteiger partial charge on any atom is 0.345 e. The summed E-state index contributed by atoms with van der Waals surface area (Å²) in [4.78, 5) is 15.5. The smallest absolute Gasteiger partial charge is 0.345 e. The lowest BCUT2D eigenvalue weighted by Crippen LogP contribution is -2.50. The van der Waals surface area contributed by atoms with Crippen molar-refractivity contribution in [1.82, 2.24) is 4.98 Å². The fourth-order valence-electron chi connectivity index (χ4n) is 1.10. The number of hydrogen-bond acceptors (Lipinski definition) is 6. The van der Waals surface area contributed by atoms with Crippen molar-refractivity contribution in [2.75, 3.05) is 18.0 Å². The molecular formula is C6H7N3O3S. The van der Waals surface area contributed by atoms with E-state index < -0.39 is 4.92 Å². The molecule has 2 heterocycles. The van der Waals surface area contributed by atoms with E-state index in [1.54, 1.807) is 0 Å². The Morgan fingerprint density at radius 1 is 1.77 bits per heavy atom. The van der Waals surface area contributed by atoms with E-state index >= 15 is 0 Å². The molecule has 1 aliphatic rings. The summed E-state index contributed by atoms with van der Waals surface area (Å²) in [5.74, 6) is 0. The first kappa shape index (κ1) is 8.39. The lowest BCUT2D eigenvalue weighted by molar-refractivity contribution is -0.380. The van der Waals surface area contributed by atoms with Crippen LogP contribution in [0.2, 0.25) is 0 Å². The van der Waals surface area contributed by atoms with Crippen LogP contribution in [0.25, 0.3) is 0 Å². The third kappa shape index (κ3) is 1.47. The van der Waals surface area contributed by atoms with Gasteiger partial charge >= 0.3 is 5.00 Å².